The summed E-state index contributed by atoms with van der Waals surface area (Å²) in [4.78, 5) is 49.6. The van der Waals surface area contributed by atoms with Crippen molar-refractivity contribution < 1.29 is 4.79 Å². The molecule has 1 aliphatic heterocycles. The van der Waals surface area contributed by atoms with E-state index in [-0.39, 0.29) is 23.0 Å². The van der Waals surface area contributed by atoms with Gasteiger partial charge in [-0.15, -0.1) is 0 Å². The highest BCUT2D eigenvalue weighted by atomic mass is 32.2. The van der Waals surface area contributed by atoms with Gasteiger partial charge in [0.1, 0.15) is 16.2 Å². The van der Waals surface area contributed by atoms with Gasteiger partial charge in [-0.05, 0) is 56.4 Å². The molecule has 2 aromatic heterocycles. The largest absolute Gasteiger partial charge is 0.372 e. The molecule has 1 N–H and O–H groups in total. The molecule has 35 heavy (non-hydrogen) atoms. The van der Waals surface area contributed by atoms with Gasteiger partial charge in [-0.25, -0.2) is 14.8 Å². The fraction of sp³-hybridized carbons (Fsp3) is 0.480. The van der Waals surface area contributed by atoms with Crippen LogP contribution in [0.2, 0.25) is 0 Å². The van der Waals surface area contributed by atoms with Gasteiger partial charge in [-0.1, -0.05) is 25.6 Å². The van der Waals surface area contributed by atoms with Crippen LogP contribution in [0, 0.1) is 12.8 Å². The van der Waals surface area contributed by atoms with E-state index >= 15 is 0 Å². The normalized spacial score (nSPS) is 14.0. The molecular formula is C25H32N6O3S. The first-order valence-corrected chi connectivity index (χ1v) is 13.0. The number of piperidine rings is 1. The Morgan fingerprint density at radius 2 is 1.77 bits per heavy atom. The molecule has 3 heterocycles. The molecule has 0 saturated carbocycles. The number of rotatable bonds is 7. The van der Waals surface area contributed by atoms with Gasteiger partial charge in [0.2, 0.25) is 5.91 Å². The highest BCUT2D eigenvalue weighted by Gasteiger charge is 2.19. The molecule has 0 radical (unpaired) electrons. The Balaban J connectivity index is 1.52. The number of thioether (sulfide) groups is 1. The van der Waals surface area contributed by atoms with E-state index in [0.717, 1.165) is 23.3 Å². The van der Waals surface area contributed by atoms with Crippen molar-refractivity contribution >= 4 is 40.1 Å². The quantitative estimate of drug-likeness (QED) is 0.396. The molecule has 0 aliphatic carbocycles. The van der Waals surface area contributed by atoms with Crippen molar-refractivity contribution in [2.75, 3.05) is 29.1 Å². The van der Waals surface area contributed by atoms with E-state index in [2.05, 4.69) is 20.2 Å². The molecule has 1 fully saturated rings. The zero-order valence-electron chi connectivity index (χ0n) is 20.7. The SMILES string of the molecule is Cc1nc(SCC(=O)Nc2ccc(N3CCCCC3)cc2)c2c(=O)n(C)c(=O)n(CC(C)C)c2n1. The third-order valence-corrected chi connectivity index (χ3v) is 7.00. The van der Waals surface area contributed by atoms with Crippen LogP contribution in [0.4, 0.5) is 11.4 Å². The predicted octanol–water partition coefficient (Wildman–Crippen LogP) is 3.18. The number of hydrogen-bond acceptors (Lipinski definition) is 7. The number of aryl methyl sites for hydroxylation is 1. The molecule has 1 amide bonds. The van der Waals surface area contributed by atoms with Crippen LogP contribution in [0.25, 0.3) is 11.0 Å². The topological polar surface area (TPSA) is 102 Å². The number of fused-ring (bicyclic) bond motifs is 1. The van der Waals surface area contributed by atoms with E-state index in [1.165, 1.54) is 48.3 Å². The number of carbonyl (C=O) groups excluding carboxylic acids is 1. The summed E-state index contributed by atoms with van der Waals surface area (Å²) in [6.07, 6.45) is 3.71. The van der Waals surface area contributed by atoms with E-state index in [9.17, 15) is 14.4 Å². The first-order chi connectivity index (χ1) is 16.7. The van der Waals surface area contributed by atoms with E-state index in [0.29, 0.717) is 23.0 Å². The van der Waals surface area contributed by atoms with E-state index in [1.54, 1.807) is 6.92 Å². The van der Waals surface area contributed by atoms with Crippen molar-refractivity contribution in [2.24, 2.45) is 13.0 Å². The van der Waals surface area contributed by atoms with Crippen LogP contribution in [0.15, 0.2) is 38.9 Å². The van der Waals surface area contributed by atoms with Crippen molar-refractivity contribution in [3.05, 3.63) is 50.9 Å². The molecule has 0 spiro atoms. The Labute approximate surface area is 208 Å². The number of hydrogen-bond donors (Lipinski definition) is 1. The van der Waals surface area contributed by atoms with Gasteiger partial charge in [-0.3, -0.25) is 18.7 Å². The summed E-state index contributed by atoms with van der Waals surface area (Å²) >= 11 is 1.17. The molecule has 0 bridgehead atoms. The summed E-state index contributed by atoms with van der Waals surface area (Å²) in [5, 5.41) is 3.59. The third-order valence-electron chi connectivity index (χ3n) is 6.02. The molecule has 4 rings (SSSR count). The lowest BCUT2D eigenvalue weighted by Gasteiger charge is -2.28. The van der Waals surface area contributed by atoms with Crippen LogP contribution in [0.1, 0.15) is 38.9 Å². The monoisotopic (exact) mass is 496 g/mol. The number of benzene rings is 1. The number of carbonyl (C=O) groups is 1. The first-order valence-electron chi connectivity index (χ1n) is 12.0. The number of amides is 1. The van der Waals surface area contributed by atoms with Crippen molar-refractivity contribution in [2.45, 2.75) is 51.6 Å². The van der Waals surface area contributed by atoms with Gasteiger partial charge >= 0.3 is 5.69 Å². The summed E-state index contributed by atoms with van der Waals surface area (Å²) in [5.74, 6) is 0.509. The summed E-state index contributed by atoms with van der Waals surface area (Å²) in [6, 6.07) is 7.90. The van der Waals surface area contributed by atoms with Crippen LogP contribution >= 0.6 is 11.8 Å². The highest BCUT2D eigenvalue weighted by Crippen LogP contribution is 2.24. The number of aromatic nitrogens is 4. The number of anilines is 2. The van der Waals surface area contributed by atoms with Crippen LogP contribution in [-0.2, 0) is 18.4 Å². The van der Waals surface area contributed by atoms with Crippen molar-refractivity contribution in [1.29, 1.82) is 0 Å². The lowest BCUT2D eigenvalue weighted by Crippen LogP contribution is -2.39. The minimum absolute atomic E-state index is 0.0753. The van der Waals surface area contributed by atoms with Crippen LogP contribution in [-0.4, -0.2) is 43.9 Å². The Morgan fingerprint density at radius 3 is 2.43 bits per heavy atom. The van der Waals surface area contributed by atoms with E-state index in [4.69, 9.17) is 0 Å². The summed E-state index contributed by atoms with van der Waals surface area (Å²) in [7, 11) is 1.45. The fourth-order valence-electron chi connectivity index (χ4n) is 4.31. The summed E-state index contributed by atoms with van der Waals surface area (Å²) in [6.45, 7) is 8.28. The molecule has 10 heteroatoms. The molecule has 0 unspecified atom stereocenters. The van der Waals surface area contributed by atoms with E-state index in [1.807, 2.05) is 38.1 Å². The smallest absolute Gasteiger partial charge is 0.332 e. The van der Waals surface area contributed by atoms with Crippen LogP contribution in [0.3, 0.4) is 0 Å². The zero-order valence-corrected chi connectivity index (χ0v) is 21.5. The van der Waals surface area contributed by atoms with Crippen molar-refractivity contribution in [3.63, 3.8) is 0 Å². The van der Waals surface area contributed by atoms with Gasteiger partial charge in [0.05, 0.1) is 5.75 Å². The minimum atomic E-state index is -0.457. The molecule has 1 aliphatic rings. The molecule has 1 aromatic carbocycles. The molecule has 1 saturated heterocycles. The average molecular weight is 497 g/mol. The van der Waals surface area contributed by atoms with Gasteiger partial charge < -0.3 is 10.2 Å². The van der Waals surface area contributed by atoms with Gasteiger partial charge in [0, 0.05) is 38.1 Å². The van der Waals surface area contributed by atoms with Gasteiger partial charge in [-0.2, -0.15) is 0 Å². The Kier molecular flexibility index (Phi) is 7.59. The molecule has 9 nitrogen and oxygen atoms in total. The van der Waals surface area contributed by atoms with Crippen LogP contribution in [0.5, 0.6) is 0 Å². The standard InChI is InChI=1S/C25H32N6O3S/c1-16(2)14-31-22-21(24(33)29(4)25(31)34)23(27-17(3)26-22)35-15-20(32)28-18-8-10-19(11-9-18)30-12-6-5-7-13-30/h8-11,16H,5-7,12-15H2,1-4H3,(H,28,32). The van der Waals surface area contributed by atoms with Crippen molar-refractivity contribution in [1.82, 2.24) is 19.1 Å². The Morgan fingerprint density at radius 1 is 1.09 bits per heavy atom. The first kappa shape index (κ1) is 25.0. The third kappa shape index (κ3) is 5.58. The molecule has 186 valence electrons. The molecular weight excluding hydrogens is 464 g/mol. The predicted molar refractivity (Wildman–Crippen MR) is 140 cm³/mol. The maximum Gasteiger partial charge on any atom is 0.332 e. The maximum absolute atomic E-state index is 13.0. The van der Waals surface area contributed by atoms with Crippen LogP contribution < -0.4 is 21.5 Å². The maximum atomic E-state index is 13.0. The summed E-state index contributed by atoms with van der Waals surface area (Å²) in [5.41, 5.74) is 1.35. The Hall–Kier alpha value is -3.14. The Bertz CT molecular complexity index is 1340. The highest BCUT2D eigenvalue weighted by molar-refractivity contribution is 8.00. The second kappa shape index (κ2) is 10.6. The lowest BCUT2D eigenvalue weighted by atomic mass is 10.1. The number of nitrogens with zero attached hydrogens (tertiary/aromatic N) is 5. The van der Waals surface area contributed by atoms with Gasteiger partial charge in [0.15, 0.2) is 5.65 Å². The molecule has 3 aromatic rings. The fourth-order valence-corrected chi connectivity index (χ4v) is 5.17. The second-order valence-corrected chi connectivity index (χ2v) is 10.3. The molecule has 0 atom stereocenters. The lowest BCUT2D eigenvalue weighted by molar-refractivity contribution is -0.113. The number of nitrogens with one attached hydrogen (secondary N) is 1. The van der Waals surface area contributed by atoms with Gasteiger partial charge in [0.25, 0.3) is 5.56 Å². The average Bonchev–Trinajstić information content (AvgIpc) is 2.84. The van der Waals surface area contributed by atoms with Crippen molar-refractivity contribution in [3.8, 4) is 0 Å². The minimum Gasteiger partial charge on any atom is -0.372 e. The van der Waals surface area contributed by atoms with E-state index < -0.39 is 11.2 Å². The second-order valence-electron chi connectivity index (χ2n) is 9.36. The summed E-state index contributed by atoms with van der Waals surface area (Å²) < 4.78 is 2.60. The zero-order chi connectivity index (χ0) is 25.1.